The van der Waals surface area contributed by atoms with E-state index < -0.39 is 0 Å². The van der Waals surface area contributed by atoms with Gasteiger partial charge in [-0.15, -0.1) is 0 Å². The Morgan fingerprint density at radius 1 is 1.42 bits per heavy atom. The molecule has 1 aliphatic rings. The van der Waals surface area contributed by atoms with Crippen LogP contribution in [0.15, 0.2) is 0 Å². The van der Waals surface area contributed by atoms with Crippen LogP contribution in [0.1, 0.15) is 32.6 Å². The predicted molar refractivity (Wildman–Crippen MR) is 53.4 cm³/mol. The average molecular weight is 234 g/mol. The minimum absolute atomic E-state index is 0.126. The van der Waals surface area contributed by atoms with Crippen LogP contribution in [0, 0.1) is 0 Å². The summed E-state index contributed by atoms with van der Waals surface area (Å²) in [4.78, 5) is 13.2. The van der Waals surface area contributed by atoms with Gasteiger partial charge in [-0.2, -0.15) is 0 Å². The summed E-state index contributed by atoms with van der Waals surface area (Å²) >= 11 is 2.98. The molecule has 0 bridgehead atoms. The number of likely N-dealkylation sites (tertiary alicyclic amines) is 1. The molecule has 0 radical (unpaired) electrons. The number of hydrogen-bond donors (Lipinski definition) is 0. The number of carbonyl (C=O) groups is 1. The Kier molecular flexibility index (Phi) is 4.22. The first-order valence-electron chi connectivity index (χ1n) is 4.62. The lowest BCUT2D eigenvalue weighted by molar-refractivity contribution is -0.111. The zero-order valence-electron chi connectivity index (χ0n) is 7.55. The second kappa shape index (κ2) is 4.97. The van der Waals surface area contributed by atoms with Crippen molar-refractivity contribution in [2.45, 2.75) is 38.6 Å². The van der Waals surface area contributed by atoms with Crippen molar-refractivity contribution in [2.75, 3.05) is 13.1 Å². The van der Waals surface area contributed by atoms with Crippen LogP contribution in [-0.2, 0) is 4.79 Å². The van der Waals surface area contributed by atoms with E-state index in [1.807, 2.05) is 0 Å². The fourth-order valence-corrected chi connectivity index (χ4v) is 2.19. The maximum absolute atomic E-state index is 10.8. The van der Waals surface area contributed by atoms with Crippen molar-refractivity contribution in [1.29, 1.82) is 0 Å². The van der Waals surface area contributed by atoms with Crippen LogP contribution < -0.4 is 0 Å². The molecule has 1 aliphatic heterocycles. The predicted octanol–water partition coefficient (Wildman–Crippen LogP) is 2.17. The number of rotatable bonds is 3. The van der Waals surface area contributed by atoms with Gasteiger partial charge in [-0.25, -0.2) is 0 Å². The molecule has 0 aromatic carbocycles. The van der Waals surface area contributed by atoms with Crippen LogP contribution in [-0.4, -0.2) is 28.7 Å². The molecule has 1 atom stereocenters. The number of piperidine rings is 1. The molecule has 1 saturated heterocycles. The Bertz CT molecular complexity index is 155. The summed E-state index contributed by atoms with van der Waals surface area (Å²) in [6.45, 7) is 4.47. The van der Waals surface area contributed by atoms with Crippen LogP contribution in [0.3, 0.4) is 0 Å². The van der Waals surface area contributed by atoms with Gasteiger partial charge in [0, 0.05) is 12.5 Å². The number of halogens is 1. The standard InChI is InChI=1S/C9H16BrNO/c1-8(7-9(10)12)11-5-3-2-4-6-11/h8H,2-7H2,1H3. The summed E-state index contributed by atoms with van der Waals surface area (Å²) in [5.41, 5.74) is 0. The topological polar surface area (TPSA) is 20.3 Å². The Balaban J connectivity index is 2.29. The highest BCUT2D eigenvalue weighted by atomic mass is 79.9. The van der Waals surface area contributed by atoms with Gasteiger partial charge < -0.3 is 4.90 Å². The molecule has 1 rings (SSSR count). The van der Waals surface area contributed by atoms with E-state index in [0.717, 1.165) is 0 Å². The van der Waals surface area contributed by atoms with E-state index in [-0.39, 0.29) is 4.69 Å². The van der Waals surface area contributed by atoms with Gasteiger partial charge in [0.2, 0.25) is 0 Å². The third-order valence-electron chi connectivity index (χ3n) is 2.47. The summed E-state index contributed by atoms with van der Waals surface area (Å²) in [7, 11) is 0. The minimum atomic E-state index is 0.126. The van der Waals surface area contributed by atoms with Gasteiger partial charge in [0.15, 0.2) is 4.69 Å². The monoisotopic (exact) mass is 233 g/mol. The van der Waals surface area contributed by atoms with E-state index in [0.29, 0.717) is 12.5 Å². The molecular formula is C9H16BrNO. The minimum Gasteiger partial charge on any atom is -0.300 e. The van der Waals surface area contributed by atoms with Crippen LogP contribution >= 0.6 is 15.9 Å². The second-order valence-corrected chi connectivity index (χ2v) is 4.39. The van der Waals surface area contributed by atoms with Gasteiger partial charge in [0.1, 0.15) is 0 Å². The van der Waals surface area contributed by atoms with Crippen LogP contribution in [0.2, 0.25) is 0 Å². The molecular weight excluding hydrogens is 218 g/mol. The third kappa shape index (κ3) is 3.23. The van der Waals surface area contributed by atoms with E-state index in [1.54, 1.807) is 0 Å². The summed E-state index contributed by atoms with van der Waals surface area (Å²) in [6.07, 6.45) is 4.58. The highest BCUT2D eigenvalue weighted by Crippen LogP contribution is 2.14. The Labute approximate surface area is 82.4 Å². The van der Waals surface area contributed by atoms with Gasteiger partial charge in [0.05, 0.1) is 0 Å². The first-order valence-corrected chi connectivity index (χ1v) is 5.42. The quantitative estimate of drug-likeness (QED) is 0.697. The first kappa shape index (κ1) is 10.2. The molecule has 1 heterocycles. The van der Waals surface area contributed by atoms with Gasteiger partial charge >= 0.3 is 0 Å². The third-order valence-corrected chi connectivity index (χ3v) is 2.79. The van der Waals surface area contributed by atoms with Gasteiger partial charge in [-0.05, 0) is 48.8 Å². The lowest BCUT2D eigenvalue weighted by atomic mass is 10.1. The number of carbonyl (C=O) groups excluding carboxylic acids is 1. The van der Waals surface area contributed by atoms with Crippen molar-refractivity contribution in [3.05, 3.63) is 0 Å². The maximum atomic E-state index is 10.8. The number of nitrogens with zero attached hydrogens (tertiary/aromatic N) is 1. The van der Waals surface area contributed by atoms with E-state index in [1.165, 1.54) is 32.4 Å². The first-order chi connectivity index (χ1) is 5.70. The molecule has 0 N–H and O–H groups in total. The molecule has 0 saturated carbocycles. The fourth-order valence-electron chi connectivity index (χ4n) is 1.72. The fraction of sp³-hybridized carbons (Fsp3) is 0.889. The largest absolute Gasteiger partial charge is 0.300 e. The molecule has 70 valence electrons. The summed E-state index contributed by atoms with van der Waals surface area (Å²) < 4.78 is 0.126. The van der Waals surface area contributed by atoms with Gasteiger partial charge in [-0.1, -0.05) is 6.42 Å². The molecule has 0 spiro atoms. The van der Waals surface area contributed by atoms with Crippen molar-refractivity contribution in [3.8, 4) is 0 Å². The van der Waals surface area contributed by atoms with Crippen molar-refractivity contribution in [2.24, 2.45) is 0 Å². The smallest absolute Gasteiger partial charge is 0.199 e. The van der Waals surface area contributed by atoms with E-state index >= 15 is 0 Å². The molecule has 2 nitrogen and oxygen atoms in total. The van der Waals surface area contributed by atoms with Crippen molar-refractivity contribution in [1.82, 2.24) is 4.90 Å². The Morgan fingerprint density at radius 3 is 2.50 bits per heavy atom. The van der Waals surface area contributed by atoms with Crippen molar-refractivity contribution >= 4 is 20.6 Å². The van der Waals surface area contributed by atoms with Crippen LogP contribution in [0.5, 0.6) is 0 Å². The van der Waals surface area contributed by atoms with E-state index in [9.17, 15) is 4.79 Å². The Morgan fingerprint density at radius 2 is 2.00 bits per heavy atom. The molecule has 0 aromatic rings. The van der Waals surface area contributed by atoms with Crippen LogP contribution in [0.25, 0.3) is 0 Å². The molecule has 3 heteroatoms. The second-order valence-electron chi connectivity index (χ2n) is 3.50. The highest BCUT2D eigenvalue weighted by Gasteiger charge is 2.17. The molecule has 1 unspecified atom stereocenters. The van der Waals surface area contributed by atoms with Crippen LogP contribution in [0.4, 0.5) is 0 Å². The maximum Gasteiger partial charge on any atom is 0.199 e. The van der Waals surface area contributed by atoms with Crippen molar-refractivity contribution in [3.63, 3.8) is 0 Å². The van der Waals surface area contributed by atoms with Gasteiger partial charge in [-0.3, -0.25) is 4.79 Å². The van der Waals surface area contributed by atoms with Crippen molar-refractivity contribution < 1.29 is 4.79 Å². The SMILES string of the molecule is CC(CC(=O)Br)N1CCCCC1. The average Bonchev–Trinajstić information content (AvgIpc) is 2.05. The molecule has 1 fully saturated rings. The zero-order valence-corrected chi connectivity index (χ0v) is 9.14. The van der Waals surface area contributed by atoms with E-state index in [2.05, 4.69) is 27.8 Å². The number of hydrogen-bond acceptors (Lipinski definition) is 2. The Hall–Kier alpha value is 0.110. The highest BCUT2D eigenvalue weighted by molar-refractivity contribution is 9.18. The zero-order chi connectivity index (χ0) is 8.97. The molecule has 0 aromatic heterocycles. The lowest BCUT2D eigenvalue weighted by Crippen LogP contribution is -2.38. The molecule has 0 aliphatic carbocycles. The van der Waals surface area contributed by atoms with E-state index in [4.69, 9.17) is 0 Å². The molecule has 0 amide bonds. The van der Waals surface area contributed by atoms with Gasteiger partial charge in [0.25, 0.3) is 0 Å². The summed E-state index contributed by atoms with van der Waals surface area (Å²) in [5, 5.41) is 0. The summed E-state index contributed by atoms with van der Waals surface area (Å²) in [5.74, 6) is 0. The normalized spacial score (nSPS) is 22.2. The summed E-state index contributed by atoms with van der Waals surface area (Å²) in [6, 6.07) is 0.414. The molecule has 12 heavy (non-hydrogen) atoms. The lowest BCUT2D eigenvalue weighted by Gasteiger charge is -2.31.